The Bertz CT molecular complexity index is 291. The van der Waals surface area contributed by atoms with E-state index in [9.17, 15) is 0 Å². The topological polar surface area (TPSA) is 21.6 Å². The molecule has 1 aliphatic heterocycles. The van der Waals surface area contributed by atoms with Gasteiger partial charge in [0.05, 0.1) is 5.71 Å². The first kappa shape index (κ1) is 13.3. The second kappa shape index (κ2) is 6.07. The molecule has 0 bridgehead atoms. The van der Waals surface area contributed by atoms with Crippen molar-refractivity contribution in [1.82, 2.24) is 0 Å². The summed E-state index contributed by atoms with van der Waals surface area (Å²) >= 11 is 0. The van der Waals surface area contributed by atoms with Crippen molar-refractivity contribution in [3.05, 3.63) is 11.1 Å². The Hall–Kier alpha value is -0.790. The molecule has 0 aromatic rings. The van der Waals surface area contributed by atoms with Gasteiger partial charge in [0.25, 0.3) is 0 Å². The minimum absolute atomic E-state index is 0.611. The van der Waals surface area contributed by atoms with Crippen molar-refractivity contribution in [2.45, 2.75) is 53.9 Å². The lowest BCUT2D eigenvalue weighted by Gasteiger charge is -2.26. The van der Waals surface area contributed by atoms with Crippen LogP contribution in [0.1, 0.15) is 53.9 Å². The Kier molecular flexibility index (Phi) is 5.04. The average molecular weight is 223 g/mol. The molecule has 0 aliphatic carbocycles. The summed E-state index contributed by atoms with van der Waals surface area (Å²) in [4.78, 5) is 5.31. The molecular formula is C14H25NO. The molecule has 2 nitrogen and oxygen atoms in total. The highest BCUT2D eigenvalue weighted by molar-refractivity contribution is 5.99. The lowest BCUT2D eigenvalue weighted by Crippen LogP contribution is -2.21. The van der Waals surface area contributed by atoms with Crippen molar-refractivity contribution in [2.24, 2.45) is 17.0 Å². The van der Waals surface area contributed by atoms with Gasteiger partial charge < -0.3 is 4.84 Å². The molecule has 0 aromatic carbocycles. The molecule has 0 aromatic heterocycles. The van der Waals surface area contributed by atoms with Gasteiger partial charge in [-0.3, -0.25) is 0 Å². The van der Waals surface area contributed by atoms with E-state index in [2.05, 4.69) is 39.8 Å². The van der Waals surface area contributed by atoms with E-state index in [0.29, 0.717) is 18.4 Å². The van der Waals surface area contributed by atoms with Crippen LogP contribution in [0.25, 0.3) is 0 Å². The number of allylic oxidation sites excluding steroid dienone is 1. The van der Waals surface area contributed by atoms with Crippen LogP contribution in [0.4, 0.5) is 0 Å². The van der Waals surface area contributed by atoms with E-state index >= 15 is 0 Å². The predicted octanol–water partition coefficient (Wildman–Crippen LogP) is 4.17. The quantitative estimate of drug-likeness (QED) is 0.685. The van der Waals surface area contributed by atoms with Crippen LogP contribution in [0.5, 0.6) is 0 Å². The molecule has 1 aliphatic rings. The van der Waals surface area contributed by atoms with Crippen molar-refractivity contribution >= 4 is 5.71 Å². The van der Waals surface area contributed by atoms with Crippen LogP contribution in [0.3, 0.4) is 0 Å². The monoisotopic (exact) mass is 223 g/mol. The van der Waals surface area contributed by atoms with Gasteiger partial charge in [-0.1, -0.05) is 39.3 Å². The third-order valence-electron chi connectivity index (χ3n) is 3.58. The molecule has 1 heterocycles. The largest absolute Gasteiger partial charge is 0.391 e. The van der Waals surface area contributed by atoms with Crippen molar-refractivity contribution in [3.8, 4) is 0 Å². The Labute approximate surface area is 99.8 Å². The third-order valence-corrected chi connectivity index (χ3v) is 3.58. The SMILES string of the molecule is CCCC(C)C1=C(C(C)CC)CON=C1C. The van der Waals surface area contributed by atoms with E-state index in [1.807, 2.05) is 0 Å². The van der Waals surface area contributed by atoms with Gasteiger partial charge in [0.2, 0.25) is 0 Å². The van der Waals surface area contributed by atoms with Crippen molar-refractivity contribution in [3.63, 3.8) is 0 Å². The minimum Gasteiger partial charge on any atom is -0.391 e. The molecule has 0 spiro atoms. The first-order valence-electron chi connectivity index (χ1n) is 6.51. The molecule has 0 saturated carbocycles. The third kappa shape index (κ3) is 2.87. The van der Waals surface area contributed by atoms with E-state index < -0.39 is 0 Å². The van der Waals surface area contributed by atoms with Crippen LogP contribution in [0.2, 0.25) is 0 Å². The summed E-state index contributed by atoms with van der Waals surface area (Å²) in [5, 5.41) is 4.14. The minimum atomic E-state index is 0.611. The van der Waals surface area contributed by atoms with Crippen LogP contribution >= 0.6 is 0 Å². The summed E-state index contributed by atoms with van der Waals surface area (Å²) < 4.78 is 0. The van der Waals surface area contributed by atoms with Gasteiger partial charge >= 0.3 is 0 Å². The second-order valence-electron chi connectivity index (χ2n) is 4.89. The summed E-state index contributed by atoms with van der Waals surface area (Å²) in [7, 11) is 0. The highest BCUT2D eigenvalue weighted by atomic mass is 16.6. The lowest BCUT2D eigenvalue weighted by atomic mass is 9.83. The fourth-order valence-electron chi connectivity index (χ4n) is 2.46. The fraction of sp³-hybridized carbons (Fsp3) is 0.786. The number of hydrogen-bond acceptors (Lipinski definition) is 2. The second-order valence-corrected chi connectivity index (χ2v) is 4.89. The first-order chi connectivity index (χ1) is 7.61. The Morgan fingerprint density at radius 2 is 1.94 bits per heavy atom. The molecule has 0 amide bonds. The molecule has 92 valence electrons. The standard InChI is InChI=1S/C14H25NO/c1-6-8-11(4)14-12(5)15-16-9-13(14)10(3)7-2/h10-11H,6-9H2,1-5H3. The van der Waals surface area contributed by atoms with E-state index in [1.54, 1.807) is 0 Å². The lowest BCUT2D eigenvalue weighted by molar-refractivity contribution is 0.154. The maximum atomic E-state index is 5.31. The summed E-state index contributed by atoms with van der Waals surface area (Å²) in [6.07, 6.45) is 3.64. The van der Waals surface area contributed by atoms with Crippen LogP contribution in [-0.2, 0) is 4.84 Å². The van der Waals surface area contributed by atoms with E-state index in [0.717, 1.165) is 5.71 Å². The van der Waals surface area contributed by atoms with Gasteiger partial charge in [-0.25, -0.2) is 0 Å². The molecule has 0 N–H and O–H groups in total. The van der Waals surface area contributed by atoms with E-state index in [1.165, 1.54) is 30.4 Å². The summed E-state index contributed by atoms with van der Waals surface area (Å²) in [6.45, 7) is 11.8. The Balaban J connectivity index is 3.00. The van der Waals surface area contributed by atoms with Crippen LogP contribution in [0.15, 0.2) is 16.3 Å². The zero-order valence-corrected chi connectivity index (χ0v) is 11.3. The zero-order chi connectivity index (χ0) is 12.1. The van der Waals surface area contributed by atoms with Crippen molar-refractivity contribution in [2.75, 3.05) is 6.61 Å². The molecule has 2 atom stereocenters. The van der Waals surface area contributed by atoms with Crippen LogP contribution in [-0.4, -0.2) is 12.3 Å². The van der Waals surface area contributed by atoms with Gasteiger partial charge in [-0.2, -0.15) is 0 Å². The highest BCUT2D eigenvalue weighted by Gasteiger charge is 2.23. The molecular weight excluding hydrogens is 198 g/mol. The van der Waals surface area contributed by atoms with Crippen molar-refractivity contribution < 1.29 is 4.84 Å². The van der Waals surface area contributed by atoms with Gasteiger partial charge in [-0.05, 0) is 42.7 Å². The summed E-state index contributed by atoms with van der Waals surface area (Å²) in [6, 6.07) is 0. The maximum absolute atomic E-state index is 5.31. The molecule has 0 saturated heterocycles. The Morgan fingerprint density at radius 3 is 2.50 bits per heavy atom. The van der Waals surface area contributed by atoms with E-state index in [-0.39, 0.29) is 0 Å². The van der Waals surface area contributed by atoms with Crippen molar-refractivity contribution in [1.29, 1.82) is 0 Å². The highest BCUT2D eigenvalue weighted by Crippen LogP contribution is 2.30. The number of hydrogen-bond donors (Lipinski definition) is 0. The number of rotatable bonds is 5. The maximum Gasteiger partial charge on any atom is 0.139 e. The normalized spacial score (nSPS) is 20.2. The van der Waals surface area contributed by atoms with Gasteiger partial charge in [0.15, 0.2) is 0 Å². The molecule has 1 rings (SSSR count). The van der Waals surface area contributed by atoms with Gasteiger partial charge in [0.1, 0.15) is 6.61 Å². The van der Waals surface area contributed by atoms with Gasteiger partial charge in [0, 0.05) is 0 Å². The predicted molar refractivity (Wildman–Crippen MR) is 69.6 cm³/mol. The zero-order valence-electron chi connectivity index (χ0n) is 11.3. The summed E-state index contributed by atoms with van der Waals surface area (Å²) in [5.41, 5.74) is 4.01. The van der Waals surface area contributed by atoms with E-state index in [4.69, 9.17) is 4.84 Å². The molecule has 0 fully saturated rings. The van der Waals surface area contributed by atoms with Crippen LogP contribution in [0, 0.1) is 11.8 Å². The molecule has 0 radical (unpaired) electrons. The average Bonchev–Trinajstić information content (AvgIpc) is 2.27. The van der Waals surface area contributed by atoms with Crippen LogP contribution < -0.4 is 0 Å². The summed E-state index contributed by atoms with van der Waals surface area (Å²) in [5.74, 6) is 1.22. The Morgan fingerprint density at radius 1 is 1.25 bits per heavy atom. The van der Waals surface area contributed by atoms with Gasteiger partial charge in [-0.15, -0.1) is 0 Å². The molecule has 16 heavy (non-hydrogen) atoms. The number of nitrogens with zero attached hydrogens (tertiary/aromatic N) is 1. The first-order valence-corrected chi connectivity index (χ1v) is 6.51. The fourth-order valence-corrected chi connectivity index (χ4v) is 2.46. The smallest absolute Gasteiger partial charge is 0.139 e. The molecule has 2 unspecified atom stereocenters. The number of oxime groups is 1. The molecule has 2 heteroatoms.